The SMILES string of the molecule is CCOCc1ccccc1-c1ccc(N2CC(CNC(=O)c3ccc(-c4nc5cc(C#N)cc(C(C)C)c5o4)cc3)OC2=O)nc1. The highest BCUT2D eigenvalue weighted by Crippen LogP contribution is 2.32. The molecule has 1 N–H and O–H groups in total. The number of oxazole rings is 1. The van der Waals surface area contributed by atoms with Crippen LogP contribution in [0.1, 0.15) is 53.7 Å². The molecule has 1 fully saturated rings. The molecule has 2 amide bonds. The number of benzene rings is 3. The lowest BCUT2D eigenvalue weighted by Crippen LogP contribution is -2.34. The van der Waals surface area contributed by atoms with Gasteiger partial charge in [0.25, 0.3) is 5.91 Å². The van der Waals surface area contributed by atoms with Crippen LogP contribution in [0.5, 0.6) is 0 Å². The predicted octanol–water partition coefficient (Wildman–Crippen LogP) is 6.84. The van der Waals surface area contributed by atoms with Crippen LogP contribution in [-0.2, 0) is 16.1 Å². The van der Waals surface area contributed by atoms with Gasteiger partial charge in [0.05, 0.1) is 31.3 Å². The minimum absolute atomic E-state index is 0.149. The summed E-state index contributed by atoms with van der Waals surface area (Å²) < 4.78 is 17.2. The number of fused-ring (bicyclic) bond motifs is 1. The molecule has 1 aliphatic heterocycles. The zero-order valence-electron chi connectivity index (χ0n) is 25.8. The minimum atomic E-state index is -0.530. The van der Waals surface area contributed by atoms with Crippen LogP contribution in [0.3, 0.4) is 0 Å². The Kier molecular flexibility index (Phi) is 8.76. The summed E-state index contributed by atoms with van der Waals surface area (Å²) in [4.78, 5) is 36.2. The van der Waals surface area contributed by atoms with Crippen molar-refractivity contribution in [1.29, 1.82) is 5.26 Å². The topological polar surface area (TPSA) is 131 Å². The highest BCUT2D eigenvalue weighted by atomic mass is 16.6. The van der Waals surface area contributed by atoms with Crippen molar-refractivity contribution in [3.8, 4) is 28.7 Å². The summed E-state index contributed by atoms with van der Waals surface area (Å²) in [6, 6.07) is 24.3. The van der Waals surface area contributed by atoms with E-state index < -0.39 is 12.2 Å². The smallest absolute Gasteiger partial charge is 0.416 e. The molecule has 3 aromatic carbocycles. The number of hydrogen-bond donors (Lipinski definition) is 1. The van der Waals surface area contributed by atoms with Crippen molar-refractivity contribution in [2.75, 3.05) is 24.6 Å². The Morgan fingerprint density at radius 2 is 1.89 bits per heavy atom. The second-order valence-corrected chi connectivity index (χ2v) is 11.3. The van der Waals surface area contributed by atoms with Gasteiger partial charge in [-0.3, -0.25) is 9.69 Å². The number of carbonyl (C=O) groups is 2. The van der Waals surface area contributed by atoms with Gasteiger partial charge in [0, 0.05) is 35.1 Å². The Hall–Kier alpha value is -5.53. The molecule has 1 aliphatic rings. The van der Waals surface area contributed by atoms with Crippen LogP contribution in [-0.4, -0.2) is 47.8 Å². The highest BCUT2D eigenvalue weighted by Gasteiger charge is 2.33. The van der Waals surface area contributed by atoms with Gasteiger partial charge in [-0.15, -0.1) is 0 Å². The molecule has 0 saturated carbocycles. The molecule has 3 heterocycles. The molecule has 10 nitrogen and oxygen atoms in total. The van der Waals surface area contributed by atoms with Crippen molar-refractivity contribution < 1.29 is 23.5 Å². The van der Waals surface area contributed by atoms with Gasteiger partial charge in [0.1, 0.15) is 17.4 Å². The number of nitrogens with zero attached hydrogens (tertiary/aromatic N) is 4. The molecule has 1 atom stereocenters. The van der Waals surface area contributed by atoms with Gasteiger partial charge < -0.3 is 19.2 Å². The van der Waals surface area contributed by atoms with Crippen LogP contribution in [0.4, 0.5) is 10.6 Å². The lowest BCUT2D eigenvalue weighted by Gasteiger charge is -2.14. The Labute approximate surface area is 266 Å². The fraction of sp³-hybridized carbons (Fsp3) is 0.250. The molecule has 10 heteroatoms. The lowest BCUT2D eigenvalue weighted by atomic mass is 10.00. The number of carbonyl (C=O) groups excluding carboxylic acids is 2. The van der Waals surface area contributed by atoms with E-state index in [0.29, 0.717) is 52.7 Å². The molecule has 1 saturated heterocycles. The van der Waals surface area contributed by atoms with Gasteiger partial charge in [-0.05, 0) is 72.5 Å². The summed E-state index contributed by atoms with van der Waals surface area (Å²) in [5.41, 5.74) is 6.88. The van der Waals surface area contributed by atoms with Crippen molar-refractivity contribution in [1.82, 2.24) is 15.3 Å². The van der Waals surface area contributed by atoms with E-state index in [1.807, 2.05) is 57.2 Å². The maximum atomic E-state index is 12.9. The standard InChI is InChI=1S/C36H33N5O5/c1-4-44-21-27-7-5-6-8-29(27)26-13-14-32(38-18-26)41-20-28(45-36(41)43)19-39-34(42)24-9-11-25(12-10-24)35-40-31-16-23(17-37)15-30(22(2)3)33(31)46-35/h5-16,18,22,28H,4,19-21H2,1-3H3,(H,39,42). The first kappa shape index (κ1) is 30.5. The van der Waals surface area contributed by atoms with Crippen molar-refractivity contribution in [3.63, 3.8) is 0 Å². The zero-order chi connectivity index (χ0) is 32.2. The third-order valence-corrected chi connectivity index (χ3v) is 7.84. The Balaban J connectivity index is 1.07. The molecule has 6 rings (SSSR count). The average Bonchev–Trinajstić information content (AvgIpc) is 3.69. The summed E-state index contributed by atoms with van der Waals surface area (Å²) in [6.07, 6.45) is 0.693. The van der Waals surface area contributed by atoms with E-state index in [2.05, 4.69) is 21.4 Å². The number of cyclic esters (lactones) is 1. The Bertz CT molecular complexity index is 1930. The largest absolute Gasteiger partial charge is 0.442 e. The summed E-state index contributed by atoms with van der Waals surface area (Å²) in [5.74, 6) is 0.745. The number of aromatic nitrogens is 2. The van der Waals surface area contributed by atoms with Crippen LogP contribution in [0.2, 0.25) is 0 Å². The van der Waals surface area contributed by atoms with Crippen LogP contribution in [0, 0.1) is 11.3 Å². The van der Waals surface area contributed by atoms with E-state index in [1.54, 1.807) is 42.6 Å². The molecule has 46 heavy (non-hydrogen) atoms. The minimum Gasteiger partial charge on any atom is -0.442 e. The quantitative estimate of drug-likeness (QED) is 0.181. The zero-order valence-corrected chi connectivity index (χ0v) is 25.8. The van der Waals surface area contributed by atoms with Crippen molar-refractivity contribution in [2.24, 2.45) is 0 Å². The molecular formula is C36H33N5O5. The molecule has 0 aliphatic carbocycles. The van der Waals surface area contributed by atoms with Gasteiger partial charge in [-0.2, -0.15) is 5.26 Å². The fourth-order valence-electron chi connectivity index (χ4n) is 5.41. The maximum absolute atomic E-state index is 12.9. The first-order chi connectivity index (χ1) is 22.3. The number of hydrogen-bond acceptors (Lipinski definition) is 8. The monoisotopic (exact) mass is 615 g/mol. The Morgan fingerprint density at radius 1 is 1.11 bits per heavy atom. The first-order valence-electron chi connectivity index (χ1n) is 15.2. The normalized spacial score (nSPS) is 14.5. The molecular weight excluding hydrogens is 582 g/mol. The summed E-state index contributed by atoms with van der Waals surface area (Å²) in [6.45, 7) is 7.58. The number of rotatable bonds is 10. The number of pyridine rings is 1. The van der Waals surface area contributed by atoms with Gasteiger partial charge in [0.15, 0.2) is 5.58 Å². The van der Waals surface area contributed by atoms with E-state index in [9.17, 15) is 14.9 Å². The number of nitriles is 1. The lowest BCUT2D eigenvalue weighted by molar-refractivity contribution is 0.0916. The first-order valence-corrected chi connectivity index (χ1v) is 15.2. The number of ether oxygens (including phenoxy) is 2. The number of nitrogens with one attached hydrogen (secondary N) is 1. The molecule has 0 spiro atoms. The second kappa shape index (κ2) is 13.2. The number of amides is 2. The van der Waals surface area contributed by atoms with E-state index in [-0.39, 0.29) is 24.9 Å². The summed E-state index contributed by atoms with van der Waals surface area (Å²) in [7, 11) is 0. The molecule has 0 radical (unpaired) electrons. The molecule has 232 valence electrons. The van der Waals surface area contributed by atoms with Crippen LogP contribution in [0.15, 0.2) is 83.4 Å². The highest BCUT2D eigenvalue weighted by molar-refractivity contribution is 5.95. The van der Waals surface area contributed by atoms with Crippen LogP contribution < -0.4 is 10.2 Å². The predicted molar refractivity (Wildman–Crippen MR) is 173 cm³/mol. The average molecular weight is 616 g/mol. The fourth-order valence-corrected chi connectivity index (χ4v) is 5.41. The van der Waals surface area contributed by atoms with Gasteiger partial charge in [0.2, 0.25) is 5.89 Å². The van der Waals surface area contributed by atoms with E-state index >= 15 is 0 Å². The van der Waals surface area contributed by atoms with Crippen LogP contribution in [0.25, 0.3) is 33.7 Å². The maximum Gasteiger partial charge on any atom is 0.416 e. The summed E-state index contributed by atoms with van der Waals surface area (Å²) in [5, 5.41) is 12.3. The third-order valence-electron chi connectivity index (χ3n) is 7.84. The van der Waals surface area contributed by atoms with Crippen molar-refractivity contribution in [3.05, 3.63) is 101 Å². The molecule has 5 aromatic rings. The number of anilines is 1. The van der Waals surface area contributed by atoms with Crippen molar-refractivity contribution >= 4 is 28.9 Å². The van der Waals surface area contributed by atoms with Crippen molar-refractivity contribution in [2.45, 2.75) is 39.4 Å². The molecule has 0 bridgehead atoms. The van der Waals surface area contributed by atoms with Crippen LogP contribution >= 0.6 is 0 Å². The Morgan fingerprint density at radius 3 is 2.61 bits per heavy atom. The molecule has 2 aromatic heterocycles. The van der Waals surface area contributed by atoms with Gasteiger partial charge in [-0.1, -0.05) is 38.1 Å². The molecule has 1 unspecified atom stereocenters. The van der Waals surface area contributed by atoms with Gasteiger partial charge in [-0.25, -0.2) is 14.8 Å². The van der Waals surface area contributed by atoms with Gasteiger partial charge >= 0.3 is 6.09 Å². The summed E-state index contributed by atoms with van der Waals surface area (Å²) >= 11 is 0. The second-order valence-electron chi connectivity index (χ2n) is 11.3. The van der Waals surface area contributed by atoms with E-state index in [0.717, 1.165) is 22.3 Å². The van der Waals surface area contributed by atoms with E-state index in [4.69, 9.17) is 13.9 Å². The third kappa shape index (κ3) is 6.32. The van der Waals surface area contributed by atoms with E-state index in [1.165, 1.54) is 4.90 Å².